The third-order valence-corrected chi connectivity index (χ3v) is 4.56. The van der Waals surface area contributed by atoms with E-state index in [9.17, 15) is 4.79 Å². The zero-order valence-corrected chi connectivity index (χ0v) is 17.4. The van der Waals surface area contributed by atoms with Crippen LogP contribution in [0.2, 0.25) is 0 Å². The van der Waals surface area contributed by atoms with Crippen LogP contribution >= 0.6 is 12.2 Å². The number of pyridine rings is 1. The monoisotopic (exact) mass is 411 g/mol. The molecule has 0 aliphatic rings. The number of hydrogen-bond donors (Lipinski definition) is 1. The number of ether oxygens (including phenoxy) is 3. The number of nitrogens with zero attached hydrogens (tertiary/aromatic N) is 2. The van der Waals surface area contributed by atoms with Crippen molar-refractivity contribution in [2.45, 2.75) is 13.8 Å². The fraction of sp³-hybridized carbons (Fsp3) is 0.190. The first-order chi connectivity index (χ1) is 13.8. The molecule has 29 heavy (non-hydrogen) atoms. The number of fused-ring (bicyclic) bond motifs is 1. The Morgan fingerprint density at radius 2 is 1.76 bits per heavy atom. The number of thiocarbonyl (C=S) groups is 1. The molecule has 8 heteroatoms. The lowest BCUT2D eigenvalue weighted by Gasteiger charge is -2.21. The van der Waals surface area contributed by atoms with Gasteiger partial charge in [0.05, 0.1) is 25.4 Å². The molecule has 2 N–H and O–H groups in total. The molecule has 0 aliphatic heterocycles. The van der Waals surface area contributed by atoms with Gasteiger partial charge in [-0.05, 0) is 55.0 Å². The van der Waals surface area contributed by atoms with Gasteiger partial charge in [-0.15, -0.1) is 0 Å². The number of amides is 1. The van der Waals surface area contributed by atoms with E-state index in [1.54, 1.807) is 44.7 Å². The molecule has 2 aromatic carbocycles. The molecule has 0 saturated carbocycles. The number of aryl methyl sites for hydroxylation is 1. The predicted molar refractivity (Wildman–Crippen MR) is 116 cm³/mol. The summed E-state index contributed by atoms with van der Waals surface area (Å²) in [7, 11) is 3.15. The third-order valence-electron chi connectivity index (χ3n) is 4.38. The minimum absolute atomic E-state index is 0.00422. The molecule has 0 bridgehead atoms. The van der Waals surface area contributed by atoms with E-state index in [0.717, 1.165) is 10.9 Å². The van der Waals surface area contributed by atoms with E-state index >= 15 is 0 Å². The number of carbonyl (C=O) groups excluding carboxylic acids is 1. The van der Waals surface area contributed by atoms with Gasteiger partial charge in [0.1, 0.15) is 11.5 Å². The maximum absolute atomic E-state index is 11.9. The van der Waals surface area contributed by atoms with Gasteiger partial charge in [-0.2, -0.15) is 0 Å². The molecular formula is C21H21N3O4S. The zero-order valence-electron chi connectivity index (χ0n) is 16.6. The summed E-state index contributed by atoms with van der Waals surface area (Å²) in [5.41, 5.74) is 7.81. The Morgan fingerprint density at radius 3 is 2.34 bits per heavy atom. The molecule has 0 saturated heterocycles. The van der Waals surface area contributed by atoms with Crippen molar-refractivity contribution in [1.82, 2.24) is 4.98 Å². The maximum Gasteiger partial charge on any atom is 0.230 e. The van der Waals surface area contributed by atoms with Crippen molar-refractivity contribution in [3.63, 3.8) is 0 Å². The minimum Gasteiger partial charge on any atom is -0.493 e. The molecule has 1 amide bonds. The van der Waals surface area contributed by atoms with Gasteiger partial charge in [0, 0.05) is 24.6 Å². The van der Waals surface area contributed by atoms with Crippen molar-refractivity contribution in [3.8, 4) is 23.0 Å². The van der Waals surface area contributed by atoms with Crippen LogP contribution in [-0.2, 0) is 4.79 Å². The Morgan fingerprint density at radius 1 is 1.07 bits per heavy atom. The molecule has 0 radical (unpaired) electrons. The summed E-state index contributed by atoms with van der Waals surface area (Å²) < 4.78 is 16.8. The van der Waals surface area contributed by atoms with E-state index in [1.165, 1.54) is 11.8 Å². The van der Waals surface area contributed by atoms with E-state index in [0.29, 0.717) is 34.2 Å². The lowest BCUT2D eigenvalue weighted by molar-refractivity contribution is -0.115. The summed E-state index contributed by atoms with van der Waals surface area (Å²) in [5, 5.41) is 0.774. The van der Waals surface area contributed by atoms with Gasteiger partial charge in [0.25, 0.3) is 0 Å². The second kappa shape index (κ2) is 8.32. The molecule has 1 heterocycles. The predicted octanol–water partition coefficient (Wildman–Crippen LogP) is 3.95. The summed E-state index contributed by atoms with van der Waals surface area (Å²) in [6.07, 6.45) is 1.66. The molecule has 0 aliphatic carbocycles. The van der Waals surface area contributed by atoms with Crippen molar-refractivity contribution < 1.29 is 19.0 Å². The number of methoxy groups -OCH3 is 2. The zero-order chi connectivity index (χ0) is 21.1. The number of aromatic nitrogens is 1. The topological polar surface area (TPSA) is 86.9 Å². The number of benzene rings is 2. The fourth-order valence-electron chi connectivity index (χ4n) is 3.05. The number of anilines is 1. The number of nitrogens with two attached hydrogens (primary N) is 1. The first kappa shape index (κ1) is 20.3. The van der Waals surface area contributed by atoms with Gasteiger partial charge in [-0.25, -0.2) is 0 Å². The molecule has 1 aromatic heterocycles. The van der Waals surface area contributed by atoms with Crippen LogP contribution in [0, 0.1) is 6.92 Å². The Hall–Kier alpha value is -3.39. The van der Waals surface area contributed by atoms with Gasteiger partial charge in [0.2, 0.25) is 5.91 Å². The molecule has 7 nitrogen and oxygen atoms in total. The molecular weight excluding hydrogens is 390 g/mol. The van der Waals surface area contributed by atoms with Crippen molar-refractivity contribution in [1.29, 1.82) is 0 Å². The number of rotatable bonds is 5. The highest BCUT2D eigenvalue weighted by molar-refractivity contribution is 7.80. The Balaban J connectivity index is 2.00. The van der Waals surface area contributed by atoms with Crippen LogP contribution in [0.1, 0.15) is 12.5 Å². The molecule has 0 atom stereocenters. The van der Waals surface area contributed by atoms with Gasteiger partial charge in [-0.1, -0.05) is 0 Å². The quantitative estimate of drug-likeness (QED) is 0.636. The largest absolute Gasteiger partial charge is 0.493 e. The second-order valence-corrected chi connectivity index (χ2v) is 6.69. The maximum atomic E-state index is 11.9. The summed E-state index contributed by atoms with van der Waals surface area (Å²) in [6, 6.07) is 10.7. The summed E-state index contributed by atoms with van der Waals surface area (Å²) >= 11 is 4.99. The second-order valence-electron chi connectivity index (χ2n) is 6.28. The standard InChI is InChI=1S/C21H21N3O4S/c1-12-9-14(5-6-17(12)24(13(2)25)21(22)29)28-18-7-8-23-16-11-20(27-4)19(26-3)10-15(16)18/h5-11H,1-4H3,(H2,22,29). The third kappa shape index (κ3) is 4.07. The molecule has 0 unspecified atom stereocenters. The van der Waals surface area contributed by atoms with Gasteiger partial charge < -0.3 is 19.9 Å². The summed E-state index contributed by atoms with van der Waals surface area (Å²) in [4.78, 5) is 17.5. The van der Waals surface area contributed by atoms with Crippen LogP contribution in [0.25, 0.3) is 10.9 Å². The van der Waals surface area contributed by atoms with Crippen LogP contribution in [-0.4, -0.2) is 30.2 Å². The highest BCUT2D eigenvalue weighted by Gasteiger charge is 2.17. The lowest BCUT2D eigenvalue weighted by atomic mass is 10.1. The fourth-order valence-corrected chi connectivity index (χ4v) is 3.28. The van der Waals surface area contributed by atoms with Crippen LogP contribution in [0.5, 0.6) is 23.0 Å². The Kier molecular flexibility index (Phi) is 5.84. The van der Waals surface area contributed by atoms with Crippen LogP contribution in [0.3, 0.4) is 0 Å². The van der Waals surface area contributed by atoms with Gasteiger partial charge in [0.15, 0.2) is 16.6 Å². The SMILES string of the molecule is COc1cc2nccc(Oc3ccc(N(C(C)=O)C(N)=S)c(C)c3)c2cc1OC. The van der Waals surface area contributed by atoms with Crippen molar-refractivity contribution >= 4 is 39.8 Å². The van der Waals surface area contributed by atoms with Crippen molar-refractivity contribution in [2.75, 3.05) is 19.1 Å². The highest BCUT2D eigenvalue weighted by atomic mass is 32.1. The van der Waals surface area contributed by atoms with Gasteiger partial charge in [-0.3, -0.25) is 14.7 Å². The van der Waals surface area contributed by atoms with Crippen molar-refractivity contribution in [2.24, 2.45) is 5.73 Å². The summed E-state index contributed by atoms with van der Waals surface area (Å²) in [6.45, 7) is 3.27. The van der Waals surface area contributed by atoms with Crippen molar-refractivity contribution in [3.05, 3.63) is 48.2 Å². The minimum atomic E-state index is -0.254. The highest BCUT2D eigenvalue weighted by Crippen LogP contribution is 2.37. The smallest absolute Gasteiger partial charge is 0.230 e. The first-order valence-electron chi connectivity index (χ1n) is 8.75. The average Bonchev–Trinajstić information content (AvgIpc) is 2.68. The van der Waals surface area contributed by atoms with E-state index in [1.807, 2.05) is 19.1 Å². The Bertz CT molecular complexity index is 1090. The summed E-state index contributed by atoms with van der Waals surface area (Å²) in [5.74, 6) is 2.13. The molecule has 0 fully saturated rings. The van der Waals surface area contributed by atoms with Gasteiger partial charge >= 0.3 is 0 Å². The average molecular weight is 411 g/mol. The molecule has 0 spiro atoms. The Labute approximate surface area is 174 Å². The lowest BCUT2D eigenvalue weighted by Crippen LogP contribution is -2.39. The van der Waals surface area contributed by atoms with Crippen LogP contribution in [0.4, 0.5) is 5.69 Å². The molecule has 3 rings (SSSR count). The molecule has 150 valence electrons. The normalized spacial score (nSPS) is 10.5. The first-order valence-corrected chi connectivity index (χ1v) is 9.16. The van der Waals surface area contributed by atoms with Crippen LogP contribution in [0.15, 0.2) is 42.6 Å². The van der Waals surface area contributed by atoms with E-state index in [4.69, 9.17) is 32.2 Å². The number of carbonyl (C=O) groups is 1. The molecule has 3 aromatic rings. The van der Waals surface area contributed by atoms with E-state index in [-0.39, 0.29) is 11.0 Å². The van der Waals surface area contributed by atoms with E-state index in [2.05, 4.69) is 4.98 Å². The number of hydrogen-bond acceptors (Lipinski definition) is 6. The van der Waals surface area contributed by atoms with Crippen LogP contribution < -0.4 is 24.8 Å². The van der Waals surface area contributed by atoms with E-state index < -0.39 is 0 Å².